The monoisotopic (exact) mass is 349 g/mol. The van der Waals surface area contributed by atoms with Gasteiger partial charge in [-0.1, -0.05) is 44.2 Å². The van der Waals surface area contributed by atoms with E-state index in [1.165, 1.54) is 0 Å². The van der Waals surface area contributed by atoms with Crippen molar-refractivity contribution in [3.05, 3.63) is 59.9 Å². The van der Waals surface area contributed by atoms with E-state index in [1.54, 1.807) is 0 Å². The second-order valence-corrected chi connectivity index (χ2v) is 7.19. The Morgan fingerprint density at radius 3 is 2.77 bits per heavy atom. The second kappa shape index (κ2) is 6.83. The van der Waals surface area contributed by atoms with Crippen LogP contribution in [-0.4, -0.2) is 22.5 Å². The summed E-state index contributed by atoms with van der Waals surface area (Å²) in [5.74, 6) is 1.73. The van der Waals surface area contributed by atoms with Crippen LogP contribution in [0.3, 0.4) is 0 Å². The molecule has 1 amide bonds. The Morgan fingerprint density at radius 1 is 1.19 bits per heavy atom. The van der Waals surface area contributed by atoms with Gasteiger partial charge in [0, 0.05) is 0 Å². The van der Waals surface area contributed by atoms with Crippen molar-refractivity contribution in [1.82, 2.24) is 15.3 Å². The van der Waals surface area contributed by atoms with E-state index in [0.29, 0.717) is 13.0 Å². The number of fused-ring (bicyclic) bond motifs is 2. The summed E-state index contributed by atoms with van der Waals surface area (Å²) in [5.41, 5.74) is 2.98. The second-order valence-electron chi connectivity index (χ2n) is 7.19. The van der Waals surface area contributed by atoms with Crippen molar-refractivity contribution in [2.75, 3.05) is 6.61 Å². The Morgan fingerprint density at radius 2 is 1.96 bits per heavy atom. The van der Waals surface area contributed by atoms with Gasteiger partial charge in [0.1, 0.15) is 18.2 Å². The number of aromatic amines is 1. The number of carbonyl (C=O) groups is 1. The molecule has 26 heavy (non-hydrogen) atoms. The third-order valence-corrected chi connectivity index (χ3v) is 4.92. The standard InChI is InChI=1S/C21H23N3O2/c1-13(2)19(20-22-16-8-4-5-9-17(16)23-20)24-21(25)15-11-14-7-3-6-10-18(14)26-12-15/h3-10,13,15,19H,11-12H2,1-2H3,(H,22,23)(H,24,25). The average molecular weight is 349 g/mol. The lowest BCUT2D eigenvalue weighted by molar-refractivity contribution is -0.127. The van der Waals surface area contributed by atoms with E-state index in [0.717, 1.165) is 28.2 Å². The molecule has 0 bridgehead atoms. The molecule has 1 aromatic heterocycles. The number of imidazole rings is 1. The molecular weight excluding hydrogens is 326 g/mol. The molecule has 134 valence electrons. The quantitative estimate of drug-likeness (QED) is 0.756. The number of carbonyl (C=O) groups excluding carboxylic acids is 1. The zero-order valence-corrected chi connectivity index (χ0v) is 15.0. The number of hydrogen-bond acceptors (Lipinski definition) is 3. The van der Waals surface area contributed by atoms with Gasteiger partial charge in [0.2, 0.25) is 5.91 Å². The molecule has 2 N–H and O–H groups in total. The smallest absolute Gasteiger partial charge is 0.227 e. The van der Waals surface area contributed by atoms with E-state index in [1.807, 2.05) is 48.5 Å². The van der Waals surface area contributed by atoms with Crippen molar-refractivity contribution >= 4 is 16.9 Å². The van der Waals surface area contributed by atoms with Crippen LogP contribution < -0.4 is 10.1 Å². The molecule has 2 aromatic carbocycles. The number of hydrogen-bond donors (Lipinski definition) is 2. The molecule has 0 radical (unpaired) electrons. The highest BCUT2D eigenvalue weighted by molar-refractivity contribution is 5.80. The number of H-pyrrole nitrogens is 1. The van der Waals surface area contributed by atoms with Crippen molar-refractivity contribution in [1.29, 1.82) is 0 Å². The molecule has 1 aliphatic rings. The lowest BCUT2D eigenvalue weighted by Gasteiger charge is -2.27. The first kappa shape index (κ1) is 16.6. The molecule has 0 spiro atoms. The maximum atomic E-state index is 12.9. The Kier molecular flexibility index (Phi) is 4.37. The lowest BCUT2D eigenvalue weighted by Crippen LogP contribution is -2.41. The number of aromatic nitrogens is 2. The van der Waals surface area contributed by atoms with Gasteiger partial charge in [0.15, 0.2) is 0 Å². The summed E-state index contributed by atoms with van der Waals surface area (Å²) in [6, 6.07) is 15.7. The molecule has 3 aromatic rings. The summed E-state index contributed by atoms with van der Waals surface area (Å²) in [6.45, 7) is 4.59. The number of para-hydroxylation sites is 3. The summed E-state index contributed by atoms with van der Waals surface area (Å²) in [4.78, 5) is 20.9. The zero-order valence-electron chi connectivity index (χ0n) is 15.0. The number of nitrogens with one attached hydrogen (secondary N) is 2. The number of benzene rings is 2. The fourth-order valence-corrected chi connectivity index (χ4v) is 3.44. The first-order valence-electron chi connectivity index (χ1n) is 9.07. The van der Waals surface area contributed by atoms with E-state index in [-0.39, 0.29) is 23.8 Å². The van der Waals surface area contributed by atoms with Crippen LogP contribution in [0.5, 0.6) is 5.75 Å². The maximum absolute atomic E-state index is 12.9. The first-order valence-corrected chi connectivity index (χ1v) is 9.07. The van der Waals surface area contributed by atoms with Crippen LogP contribution in [0.2, 0.25) is 0 Å². The molecule has 0 fully saturated rings. The molecule has 2 heterocycles. The number of amides is 1. The molecule has 5 heteroatoms. The van der Waals surface area contributed by atoms with Crippen LogP contribution in [0.25, 0.3) is 11.0 Å². The molecule has 2 unspecified atom stereocenters. The van der Waals surface area contributed by atoms with Gasteiger partial charge in [-0.25, -0.2) is 4.98 Å². The normalized spacial score (nSPS) is 17.6. The van der Waals surface area contributed by atoms with Gasteiger partial charge in [-0.2, -0.15) is 0 Å². The van der Waals surface area contributed by atoms with E-state index in [4.69, 9.17) is 4.74 Å². The topological polar surface area (TPSA) is 67.0 Å². The van der Waals surface area contributed by atoms with E-state index >= 15 is 0 Å². The summed E-state index contributed by atoms with van der Waals surface area (Å²) in [7, 11) is 0. The van der Waals surface area contributed by atoms with Crippen molar-refractivity contribution < 1.29 is 9.53 Å². The Bertz CT molecular complexity index is 899. The average Bonchev–Trinajstić information content (AvgIpc) is 3.09. The van der Waals surface area contributed by atoms with Crippen molar-refractivity contribution in [3.63, 3.8) is 0 Å². The predicted molar refractivity (Wildman–Crippen MR) is 101 cm³/mol. The third-order valence-electron chi connectivity index (χ3n) is 4.92. The summed E-state index contributed by atoms with van der Waals surface area (Å²) < 4.78 is 5.77. The highest BCUT2D eigenvalue weighted by Crippen LogP contribution is 2.28. The number of ether oxygens (including phenoxy) is 1. The SMILES string of the molecule is CC(C)C(NC(=O)C1COc2ccccc2C1)c1nc2ccccc2[nH]1. The highest BCUT2D eigenvalue weighted by Gasteiger charge is 2.29. The summed E-state index contributed by atoms with van der Waals surface area (Å²) >= 11 is 0. The van der Waals surface area contributed by atoms with Crippen LogP contribution in [-0.2, 0) is 11.2 Å². The minimum atomic E-state index is -0.185. The maximum Gasteiger partial charge on any atom is 0.227 e. The molecule has 0 saturated heterocycles. The van der Waals surface area contributed by atoms with Crippen LogP contribution in [0.15, 0.2) is 48.5 Å². The zero-order chi connectivity index (χ0) is 18.1. The fraction of sp³-hybridized carbons (Fsp3) is 0.333. The minimum Gasteiger partial charge on any atom is -0.492 e. The molecule has 5 nitrogen and oxygen atoms in total. The summed E-state index contributed by atoms with van der Waals surface area (Å²) in [6.07, 6.45) is 0.701. The van der Waals surface area contributed by atoms with Crippen LogP contribution in [0.1, 0.15) is 31.3 Å². The van der Waals surface area contributed by atoms with Crippen molar-refractivity contribution in [2.24, 2.45) is 11.8 Å². The third kappa shape index (κ3) is 3.17. The molecule has 1 aliphatic heterocycles. The Labute approximate surface area is 152 Å². The van der Waals surface area contributed by atoms with Gasteiger partial charge in [0.05, 0.1) is 23.0 Å². The van der Waals surface area contributed by atoms with E-state index in [2.05, 4.69) is 29.1 Å². The minimum absolute atomic E-state index is 0.0126. The van der Waals surface area contributed by atoms with Crippen molar-refractivity contribution in [3.8, 4) is 5.75 Å². The van der Waals surface area contributed by atoms with Gasteiger partial charge >= 0.3 is 0 Å². The number of nitrogens with zero attached hydrogens (tertiary/aromatic N) is 1. The lowest BCUT2D eigenvalue weighted by atomic mass is 9.95. The van der Waals surface area contributed by atoms with Crippen LogP contribution in [0.4, 0.5) is 0 Å². The molecule has 4 rings (SSSR count). The largest absolute Gasteiger partial charge is 0.492 e. The van der Waals surface area contributed by atoms with Gasteiger partial charge in [-0.3, -0.25) is 4.79 Å². The Hall–Kier alpha value is -2.82. The van der Waals surface area contributed by atoms with Gasteiger partial charge in [-0.15, -0.1) is 0 Å². The molecular formula is C21H23N3O2. The van der Waals surface area contributed by atoms with Gasteiger partial charge < -0.3 is 15.0 Å². The summed E-state index contributed by atoms with van der Waals surface area (Å²) in [5, 5.41) is 3.18. The van der Waals surface area contributed by atoms with Crippen LogP contribution in [0, 0.1) is 11.8 Å². The van der Waals surface area contributed by atoms with E-state index in [9.17, 15) is 4.79 Å². The van der Waals surface area contributed by atoms with Gasteiger partial charge in [0.25, 0.3) is 0 Å². The van der Waals surface area contributed by atoms with E-state index < -0.39 is 0 Å². The first-order chi connectivity index (χ1) is 12.6. The van der Waals surface area contributed by atoms with Crippen molar-refractivity contribution in [2.45, 2.75) is 26.3 Å². The molecule has 2 atom stereocenters. The molecule has 0 aliphatic carbocycles. The predicted octanol–water partition coefficient (Wildman–Crippen LogP) is 3.63. The van der Waals surface area contributed by atoms with Gasteiger partial charge in [-0.05, 0) is 36.1 Å². The highest BCUT2D eigenvalue weighted by atomic mass is 16.5. The van der Waals surface area contributed by atoms with Crippen LogP contribution >= 0.6 is 0 Å². The number of rotatable bonds is 4. The molecule has 0 saturated carbocycles. The Balaban J connectivity index is 1.52. The fourth-order valence-electron chi connectivity index (χ4n) is 3.44.